The predicted octanol–water partition coefficient (Wildman–Crippen LogP) is -0.0565. The molecule has 0 unspecified atom stereocenters. The SMILES string of the molecule is O=C(O)/C=N/NS(=O)(=O)c1ccc([N+](=O)[O-])cc1. The van der Waals surface area contributed by atoms with Crippen molar-refractivity contribution in [2.24, 2.45) is 5.10 Å². The van der Waals surface area contributed by atoms with E-state index in [1.807, 2.05) is 0 Å². The Balaban J connectivity index is 2.92. The molecule has 0 aromatic heterocycles. The molecule has 9 nitrogen and oxygen atoms in total. The van der Waals surface area contributed by atoms with Crippen LogP contribution in [0.15, 0.2) is 34.3 Å². The molecule has 18 heavy (non-hydrogen) atoms. The monoisotopic (exact) mass is 273 g/mol. The van der Waals surface area contributed by atoms with Crippen molar-refractivity contribution in [3.05, 3.63) is 34.4 Å². The number of carboxylic acid groups (broad SMARTS) is 1. The Morgan fingerprint density at radius 1 is 1.39 bits per heavy atom. The van der Waals surface area contributed by atoms with Gasteiger partial charge >= 0.3 is 5.97 Å². The standard InChI is InChI=1S/C8H7N3O6S/c12-8(13)5-9-10-18(16,17)7-3-1-6(2-4-7)11(14)15/h1-5,10H,(H,12,13)/b9-5+. The van der Waals surface area contributed by atoms with Crippen LogP contribution in [0.5, 0.6) is 0 Å². The van der Waals surface area contributed by atoms with E-state index in [0.717, 1.165) is 24.3 Å². The quantitative estimate of drug-likeness (QED) is 0.437. The van der Waals surface area contributed by atoms with Crippen molar-refractivity contribution in [1.29, 1.82) is 0 Å². The van der Waals surface area contributed by atoms with Crippen molar-refractivity contribution in [1.82, 2.24) is 4.83 Å². The van der Waals surface area contributed by atoms with Gasteiger partial charge in [-0.05, 0) is 12.1 Å². The molecule has 0 aliphatic carbocycles. The van der Waals surface area contributed by atoms with Crippen LogP contribution < -0.4 is 4.83 Å². The molecule has 0 fully saturated rings. The minimum Gasteiger partial charge on any atom is -0.477 e. The van der Waals surface area contributed by atoms with E-state index in [0.29, 0.717) is 6.21 Å². The Labute approximate surface area is 101 Å². The maximum Gasteiger partial charge on any atom is 0.348 e. The normalized spacial score (nSPS) is 11.3. The van der Waals surface area contributed by atoms with Crippen molar-refractivity contribution in [2.45, 2.75) is 4.90 Å². The van der Waals surface area contributed by atoms with E-state index in [-0.39, 0.29) is 10.6 Å². The molecule has 96 valence electrons. The first-order valence-electron chi connectivity index (χ1n) is 4.35. The number of non-ortho nitro benzene ring substituents is 1. The number of rotatable bonds is 5. The Hall–Kier alpha value is -2.49. The molecule has 0 aliphatic rings. The molecular formula is C8H7N3O6S. The Morgan fingerprint density at radius 2 is 1.94 bits per heavy atom. The Bertz CT molecular complexity index is 592. The van der Waals surface area contributed by atoms with Crippen molar-refractivity contribution in [2.75, 3.05) is 0 Å². The minimum absolute atomic E-state index is 0.261. The summed E-state index contributed by atoms with van der Waals surface area (Å²) in [4.78, 5) is 21.1. The number of nitrogens with zero attached hydrogens (tertiary/aromatic N) is 2. The average molecular weight is 273 g/mol. The van der Waals surface area contributed by atoms with Crippen molar-refractivity contribution < 1.29 is 23.2 Å². The van der Waals surface area contributed by atoms with E-state index in [4.69, 9.17) is 5.11 Å². The molecule has 10 heteroatoms. The number of nitrogens with one attached hydrogen (secondary N) is 1. The van der Waals surface area contributed by atoms with Crippen LogP contribution in [0.4, 0.5) is 5.69 Å². The van der Waals surface area contributed by atoms with E-state index >= 15 is 0 Å². The largest absolute Gasteiger partial charge is 0.477 e. The molecule has 0 saturated carbocycles. The second kappa shape index (κ2) is 5.23. The first-order valence-corrected chi connectivity index (χ1v) is 5.83. The van der Waals surface area contributed by atoms with Crippen LogP contribution in [0.25, 0.3) is 0 Å². The fourth-order valence-electron chi connectivity index (χ4n) is 0.951. The Kier molecular flexibility index (Phi) is 3.94. The molecule has 0 radical (unpaired) electrons. The molecule has 0 heterocycles. The van der Waals surface area contributed by atoms with Gasteiger partial charge in [-0.3, -0.25) is 10.1 Å². The second-order valence-corrected chi connectivity index (χ2v) is 4.60. The molecule has 1 aromatic carbocycles. The highest BCUT2D eigenvalue weighted by atomic mass is 32.2. The molecule has 1 rings (SSSR count). The zero-order chi connectivity index (χ0) is 13.8. The maximum atomic E-state index is 11.5. The summed E-state index contributed by atoms with van der Waals surface area (Å²) in [5, 5.41) is 21.6. The van der Waals surface area contributed by atoms with Gasteiger partial charge in [-0.15, -0.1) is 0 Å². The lowest BCUT2D eigenvalue weighted by Gasteiger charge is -2.01. The van der Waals surface area contributed by atoms with E-state index in [9.17, 15) is 23.3 Å². The fourth-order valence-corrected chi connectivity index (χ4v) is 1.74. The highest BCUT2D eigenvalue weighted by molar-refractivity contribution is 7.89. The van der Waals surface area contributed by atoms with Crippen LogP contribution in [0.2, 0.25) is 0 Å². The molecule has 0 aliphatic heterocycles. The third-order valence-electron chi connectivity index (χ3n) is 1.71. The number of carboxylic acids is 1. The van der Waals surface area contributed by atoms with Crippen LogP contribution in [-0.2, 0) is 14.8 Å². The van der Waals surface area contributed by atoms with Gasteiger partial charge in [0.1, 0.15) is 6.21 Å². The summed E-state index contributed by atoms with van der Waals surface area (Å²) in [5.74, 6) is -1.42. The molecule has 2 N–H and O–H groups in total. The summed E-state index contributed by atoms with van der Waals surface area (Å²) in [7, 11) is -4.03. The van der Waals surface area contributed by atoms with Crippen LogP contribution in [0, 0.1) is 10.1 Å². The molecule has 1 aromatic rings. The number of benzene rings is 1. The molecule has 0 spiro atoms. The number of aliphatic carboxylic acids is 1. The third kappa shape index (κ3) is 3.52. The minimum atomic E-state index is -4.03. The lowest BCUT2D eigenvalue weighted by Crippen LogP contribution is -2.19. The van der Waals surface area contributed by atoms with Crippen LogP contribution in [0.3, 0.4) is 0 Å². The zero-order valence-corrected chi connectivity index (χ0v) is 9.49. The number of sulfonamides is 1. The number of hydrazone groups is 1. The second-order valence-electron chi connectivity index (χ2n) is 2.94. The summed E-state index contributed by atoms with van der Waals surface area (Å²) in [6.07, 6.45) is 0.364. The smallest absolute Gasteiger partial charge is 0.348 e. The third-order valence-corrected chi connectivity index (χ3v) is 2.94. The van der Waals surface area contributed by atoms with Gasteiger partial charge in [0, 0.05) is 12.1 Å². The van der Waals surface area contributed by atoms with Gasteiger partial charge in [-0.1, -0.05) is 0 Å². The van der Waals surface area contributed by atoms with Crippen molar-refractivity contribution >= 4 is 27.9 Å². The molecule has 0 saturated heterocycles. The van der Waals surface area contributed by atoms with Gasteiger partial charge in [-0.25, -0.2) is 4.79 Å². The van der Waals surface area contributed by atoms with Gasteiger partial charge in [-0.2, -0.15) is 18.4 Å². The van der Waals surface area contributed by atoms with Gasteiger partial charge in [0.05, 0.1) is 9.82 Å². The predicted molar refractivity (Wildman–Crippen MR) is 59.5 cm³/mol. The lowest BCUT2D eigenvalue weighted by atomic mass is 10.3. The summed E-state index contributed by atoms with van der Waals surface area (Å²) in [6, 6.07) is 4.04. The summed E-state index contributed by atoms with van der Waals surface area (Å²) >= 11 is 0. The highest BCUT2D eigenvalue weighted by Crippen LogP contribution is 2.15. The van der Waals surface area contributed by atoms with Crippen molar-refractivity contribution in [3.63, 3.8) is 0 Å². The van der Waals surface area contributed by atoms with Crippen molar-refractivity contribution in [3.8, 4) is 0 Å². The van der Waals surface area contributed by atoms with E-state index in [1.165, 1.54) is 0 Å². The maximum absolute atomic E-state index is 11.5. The number of hydrogen-bond acceptors (Lipinski definition) is 6. The molecule has 0 amide bonds. The number of hydrogen-bond donors (Lipinski definition) is 2. The number of nitro groups is 1. The zero-order valence-electron chi connectivity index (χ0n) is 8.68. The summed E-state index contributed by atoms with van der Waals surface area (Å²) in [6.45, 7) is 0. The van der Waals surface area contributed by atoms with Crippen LogP contribution in [0.1, 0.15) is 0 Å². The highest BCUT2D eigenvalue weighted by Gasteiger charge is 2.14. The topological polar surface area (TPSA) is 139 Å². The van der Waals surface area contributed by atoms with Gasteiger partial charge < -0.3 is 5.11 Å². The Morgan fingerprint density at radius 3 is 2.39 bits per heavy atom. The molecule has 0 bridgehead atoms. The van der Waals surface area contributed by atoms with E-state index in [2.05, 4.69) is 5.10 Å². The lowest BCUT2D eigenvalue weighted by molar-refractivity contribution is -0.384. The van der Waals surface area contributed by atoms with E-state index in [1.54, 1.807) is 4.83 Å². The summed E-state index contributed by atoms with van der Waals surface area (Å²) in [5.41, 5.74) is -0.261. The summed E-state index contributed by atoms with van der Waals surface area (Å²) < 4.78 is 23.0. The average Bonchev–Trinajstić information content (AvgIpc) is 2.28. The first-order chi connectivity index (χ1) is 8.33. The fraction of sp³-hybridized carbons (Fsp3) is 0. The number of nitro benzene ring substituents is 1. The van der Waals surface area contributed by atoms with Crippen LogP contribution in [-0.4, -0.2) is 30.6 Å². The molecule has 0 atom stereocenters. The first kappa shape index (κ1) is 13.6. The van der Waals surface area contributed by atoms with E-state index < -0.39 is 20.9 Å². The molecular weight excluding hydrogens is 266 g/mol. The van der Waals surface area contributed by atoms with Crippen LogP contribution >= 0.6 is 0 Å². The van der Waals surface area contributed by atoms with Gasteiger partial charge in [0.2, 0.25) is 0 Å². The van der Waals surface area contributed by atoms with Gasteiger partial charge in [0.25, 0.3) is 15.7 Å². The number of carbonyl (C=O) groups is 1. The van der Waals surface area contributed by atoms with Gasteiger partial charge in [0.15, 0.2) is 0 Å².